The van der Waals surface area contributed by atoms with Crippen molar-refractivity contribution in [1.29, 1.82) is 0 Å². The molecule has 3 unspecified atom stereocenters. The number of unbranched alkanes of at least 4 members (excludes halogenated alkanes) is 22. The van der Waals surface area contributed by atoms with Crippen LogP contribution in [0.15, 0.2) is 134 Å². The van der Waals surface area contributed by atoms with Gasteiger partial charge in [-0.1, -0.05) is 264 Å². The topological polar surface area (TPSA) is 111 Å². The molecule has 0 heterocycles. The van der Waals surface area contributed by atoms with Crippen LogP contribution in [0, 0.1) is 0 Å². The number of phosphoric ester groups is 1. The average molecular weight is 1160 g/mol. The van der Waals surface area contributed by atoms with E-state index in [0.717, 1.165) is 122 Å². The minimum absolute atomic E-state index is 0.0226. The number of esters is 1. The molecule has 0 aliphatic rings. The van der Waals surface area contributed by atoms with Crippen LogP contribution in [0.1, 0.15) is 258 Å². The molecular formula is C72H124N2O7P+. The lowest BCUT2D eigenvalue weighted by molar-refractivity contribution is -0.870. The largest absolute Gasteiger partial charge is 0.472 e. The molecule has 0 bridgehead atoms. The predicted octanol–water partition coefficient (Wildman–Crippen LogP) is 20.8. The van der Waals surface area contributed by atoms with E-state index in [1.807, 2.05) is 33.3 Å². The first-order valence-corrected chi connectivity index (χ1v) is 34.5. The fourth-order valence-electron chi connectivity index (χ4n) is 8.83. The van der Waals surface area contributed by atoms with Gasteiger partial charge in [0.05, 0.1) is 33.8 Å². The van der Waals surface area contributed by atoms with Crippen LogP contribution in [0.4, 0.5) is 0 Å². The maximum absolute atomic E-state index is 13.5. The van der Waals surface area contributed by atoms with Gasteiger partial charge >= 0.3 is 13.8 Å². The van der Waals surface area contributed by atoms with E-state index in [4.69, 9.17) is 13.8 Å². The van der Waals surface area contributed by atoms with Gasteiger partial charge in [0.25, 0.3) is 0 Å². The van der Waals surface area contributed by atoms with E-state index in [-0.39, 0.29) is 37.9 Å². The molecule has 0 aliphatic carbocycles. The van der Waals surface area contributed by atoms with Crippen LogP contribution < -0.4 is 5.32 Å². The molecule has 0 aromatic rings. The van der Waals surface area contributed by atoms with E-state index in [9.17, 15) is 19.0 Å². The zero-order valence-electron chi connectivity index (χ0n) is 53.4. The fourth-order valence-corrected chi connectivity index (χ4v) is 9.56. The van der Waals surface area contributed by atoms with Crippen molar-refractivity contribution in [2.75, 3.05) is 40.9 Å². The van der Waals surface area contributed by atoms with Crippen molar-refractivity contribution in [3.63, 3.8) is 0 Å². The minimum atomic E-state index is -4.48. The van der Waals surface area contributed by atoms with Gasteiger partial charge in [0.2, 0.25) is 5.91 Å². The van der Waals surface area contributed by atoms with Gasteiger partial charge in [-0.15, -0.1) is 0 Å². The van der Waals surface area contributed by atoms with E-state index in [2.05, 4.69) is 148 Å². The highest BCUT2D eigenvalue weighted by atomic mass is 31.2. The molecule has 0 spiro atoms. The first kappa shape index (κ1) is 78.1. The highest BCUT2D eigenvalue weighted by Crippen LogP contribution is 2.43. The maximum atomic E-state index is 13.5. The third-order valence-corrected chi connectivity index (χ3v) is 14.8. The second-order valence-corrected chi connectivity index (χ2v) is 24.3. The smallest absolute Gasteiger partial charge is 0.456 e. The first-order valence-electron chi connectivity index (χ1n) is 33.0. The summed E-state index contributed by atoms with van der Waals surface area (Å²) in [5.41, 5.74) is 0. The Morgan fingerprint density at radius 3 is 1.20 bits per heavy atom. The summed E-state index contributed by atoms with van der Waals surface area (Å²) in [5.74, 6) is -0.583. The highest BCUT2D eigenvalue weighted by Gasteiger charge is 2.30. The second-order valence-electron chi connectivity index (χ2n) is 22.9. The summed E-state index contributed by atoms with van der Waals surface area (Å²) in [6, 6.07) is -0.888. The van der Waals surface area contributed by atoms with Crippen molar-refractivity contribution in [3.05, 3.63) is 134 Å². The van der Waals surface area contributed by atoms with Crippen molar-refractivity contribution in [2.24, 2.45) is 0 Å². The summed E-state index contributed by atoms with van der Waals surface area (Å²) in [5, 5.41) is 3.02. The van der Waals surface area contributed by atoms with Gasteiger partial charge in [0.1, 0.15) is 19.3 Å². The molecule has 0 rings (SSSR count). The molecule has 0 radical (unpaired) electrons. The number of amides is 1. The number of hydrogen-bond donors (Lipinski definition) is 2. The summed E-state index contributed by atoms with van der Waals surface area (Å²) in [6.07, 6.45) is 86.1. The Kier molecular flexibility index (Phi) is 57.4. The summed E-state index contributed by atoms with van der Waals surface area (Å²) in [4.78, 5) is 37.8. The molecule has 0 fully saturated rings. The van der Waals surface area contributed by atoms with Crippen LogP contribution in [0.5, 0.6) is 0 Å². The van der Waals surface area contributed by atoms with Gasteiger partial charge in [-0.05, 0) is 115 Å². The molecule has 2 N–H and O–H groups in total. The number of ether oxygens (including phenoxy) is 1. The molecule has 0 saturated heterocycles. The number of hydrogen-bond acceptors (Lipinski definition) is 6. The van der Waals surface area contributed by atoms with E-state index in [0.29, 0.717) is 17.4 Å². The van der Waals surface area contributed by atoms with Gasteiger partial charge < -0.3 is 19.4 Å². The highest BCUT2D eigenvalue weighted by molar-refractivity contribution is 7.47. The number of likely N-dealkylation sites (N-methyl/N-ethyl adjacent to an activating group) is 1. The molecule has 1 amide bonds. The van der Waals surface area contributed by atoms with E-state index in [1.54, 1.807) is 0 Å². The fraction of sp³-hybridized carbons (Fsp3) is 0.667. The molecule has 0 aromatic heterocycles. The first-order chi connectivity index (χ1) is 39.9. The van der Waals surface area contributed by atoms with Gasteiger partial charge in [-0.25, -0.2) is 4.57 Å². The van der Waals surface area contributed by atoms with Gasteiger partial charge in [0, 0.05) is 12.8 Å². The molecule has 468 valence electrons. The number of nitrogens with zero attached hydrogens (tertiary/aromatic N) is 1. The Hall–Kier alpha value is -3.85. The van der Waals surface area contributed by atoms with Gasteiger partial charge in [-0.2, -0.15) is 0 Å². The summed E-state index contributed by atoms with van der Waals surface area (Å²) in [7, 11) is 1.44. The lowest BCUT2D eigenvalue weighted by atomic mass is 10.0. The Balaban J connectivity index is 5.18. The van der Waals surface area contributed by atoms with E-state index in [1.165, 1.54) is 96.3 Å². The van der Waals surface area contributed by atoms with Crippen LogP contribution in [0.2, 0.25) is 0 Å². The molecule has 10 heteroatoms. The normalized spacial score (nSPS) is 14.5. The molecule has 9 nitrogen and oxygen atoms in total. The zero-order valence-corrected chi connectivity index (χ0v) is 54.3. The van der Waals surface area contributed by atoms with E-state index < -0.39 is 20.0 Å². The number of nitrogens with one attached hydrogen (secondary N) is 1. The Labute approximate surface area is 505 Å². The summed E-state index contributed by atoms with van der Waals surface area (Å²) >= 11 is 0. The van der Waals surface area contributed by atoms with Crippen LogP contribution in [0.25, 0.3) is 0 Å². The number of carbonyl (C=O) groups excluding carboxylic acids is 2. The third kappa shape index (κ3) is 60.7. The molecule has 0 aromatic carbocycles. The SMILES string of the molecule is CC/C=C\C/C=C\C/C=C\C/C=C\C/C=C\CCCCCCCCCCCCCC(=O)OC(/C=C\CCCCCCCCCCCC)C(COP(=O)(O)OCC[N+](C)(C)C)NC(=O)CCC/C=C\C/C=C\C/C=C\C/C=C\C/C=C\CC. The van der Waals surface area contributed by atoms with Crippen molar-refractivity contribution in [3.8, 4) is 0 Å². The predicted molar refractivity (Wildman–Crippen MR) is 355 cm³/mol. The summed E-state index contributed by atoms with van der Waals surface area (Å²) in [6.45, 7) is 6.73. The van der Waals surface area contributed by atoms with E-state index >= 15 is 0 Å². The number of rotatable bonds is 58. The molecule has 3 atom stereocenters. The number of carbonyl (C=O) groups is 2. The molecule has 82 heavy (non-hydrogen) atoms. The third-order valence-electron chi connectivity index (χ3n) is 13.8. The maximum Gasteiger partial charge on any atom is 0.472 e. The monoisotopic (exact) mass is 1160 g/mol. The quantitative estimate of drug-likeness (QED) is 0.0205. The van der Waals surface area contributed by atoms with Crippen LogP contribution >= 0.6 is 7.82 Å². The van der Waals surface area contributed by atoms with Crippen molar-refractivity contribution in [1.82, 2.24) is 5.32 Å². The lowest BCUT2D eigenvalue weighted by Crippen LogP contribution is -2.47. The van der Waals surface area contributed by atoms with Crippen molar-refractivity contribution in [2.45, 2.75) is 270 Å². The number of phosphoric acid groups is 1. The number of quaternary nitrogens is 1. The Morgan fingerprint density at radius 2 is 0.793 bits per heavy atom. The Morgan fingerprint density at radius 1 is 0.439 bits per heavy atom. The average Bonchev–Trinajstić information content (AvgIpc) is 3.44. The van der Waals surface area contributed by atoms with Crippen LogP contribution in [0.3, 0.4) is 0 Å². The second kappa shape index (κ2) is 60.3. The lowest BCUT2D eigenvalue weighted by Gasteiger charge is -2.27. The minimum Gasteiger partial charge on any atom is -0.456 e. The van der Waals surface area contributed by atoms with Crippen LogP contribution in [-0.2, 0) is 27.9 Å². The molecule has 0 aliphatic heterocycles. The summed E-state index contributed by atoms with van der Waals surface area (Å²) < 4.78 is 30.7. The number of allylic oxidation sites excluding steroid dienone is 21. The van der Waals surface area contributed by atoms with Crippen LogP contribution in [-0.4, -0.2) is 74.3 Å². The van der Waals surface area contributed by atoms with Gasteiger partial charge in [-0.3, -0.25) is 18.6 Å². The zero-order chi connectivity index (χ0) is 60.0. The van der Waals surface area contributed by atoms with Crippen molar-refractivity contribution >= 4 is 19.7 Å². The standard InChI is InChI=1S/C72H123N2O7P/c1-7-10-13-16-19-22-25-28-30-32-33-34-35-36-37-38-39-40-41-43-45-47-50-53-56-59-62-65-72(76)81-70(63-60-57-54-51-48-27-24-21-18-15-12-9-3)69(68-80-82(77,78)79-67-66-74(4,5)6)73-71(75)64-61-58-55-52-49-46-44-42-31-29-26-23-20-17-14-11-8-2/h10-11,13-14,19-20,22-23,28-31,33-34,36-37,44,46,52,55,60,63,69-70H,7-9,12,15-18,21,24-27,32,35,38-43,45,47-51,53-54,56-59,61-62,64-68H2,1-6H3,(H-,73,75,77,78)/p+1/b13-10-,14-11-,22-19-,23-20-,30-28-,31-29-,34-33-,37-36-,46-44-,55-52-,63-60-. The molecular weight excluding hydrogens is 1040 g/mol. The Bertz CT molecular complexity index is 1860. The molecule has 0 saturated carbocycles. The van der Waals surface area contributed by atoms with Gasteiger partial charge in [0.15, 0.2) is 0 Å². The van der Waals surface area contributed by atoms with Crippen molar-refractivity contribution < 1.29 is 37.3 Å².